The maximum Gasteiger partial charge on any atom is 0.262 e. The maximum absolute atomic E-state index is 14.1. The van der Waals surface area contributed by atoms with E-state index in [1.807, 2.05) is 0 Å². The van der Waals surface area contributed by atoms with Crippen molar-refractivity contribution in [1.82, 2.24) is 4.98 Å². The molecule has 0 fully saturated rings. The topological polar surface area (TPSA) is 59.1 Å². The van der Waals surface area contributed by atoms with Gasteiger partial charge in [0.2, 0.25) is 0 Å². The second-order valence-corrected chi connectivity index (χ2v) is 8.46. The van der Waals surface area contributed by atoms with Crippen LogP contribution in [0.2, 0.25) is 5.02 Å². The van der Waals surface area contributed by atoms with Gasteiger partial charge >= 0.3 is 0 Å². The third-order valence-corrected chi connectivity index (χ3v) is 6.37. The van der Waals surface area contributed by atoms with E-state index in [1.54, 1.807) is 37.6 Å². The lowest BCUT2D eigenvalue weighted by Gasteiger charge is -2.13. The molecule has 2 aromatic carbocycles. The van der Waals surface area contributed by atoms with Gasteiger partial charge in [-0.3, -0.25) is 4.72 Å². The summed E-state index contributed by atoms with van der Waals surface area (Å²) in [4.78, 5) is 4.21. The summed E-state index contributed by atoms with van der Waals surface area (Å²) in [7, 11) is -3.96. The summed E-state index contributed by atoms with van der Waals surface area (Å²) in [6.07, 6.45) is 1.63. The summed E-state index contributed by atoms with van der Waals surface area (Å²) in [5, 5.41) is 2.95. The number of halogens is 2. The number of rotatable bonds is 4. The molecule has 1 aromatic heterocycles. The van der Waals surface area contributed by atoms with Crippen LogP contribution in [0.1, 0.15) is 11.1 Å². The summed E-state index contributed by atoms with van der Waals surface area (Å²) in [5.41, 5.74) is 1.63. The predicted molar refractivity (Wildman–Crippen MR) is 99.2 cm³/mol. The average Bonchev–Trinajstić information content (AvgIpc) is 3.07. The van der Waals surface area contributed by atoms with Crippen molar-refractivity contribution in [2.75, 3.05) is 4.72 Å². The van der Waals surface area contributed by atoms with Crippen LogP contribution < -0.4 is 4.72 Å². The van der Waals surface area contributed by atoms with Gasteiger partial charge in [-0.15, -0.1) is 11.3 Å². The highest BCUT2D eigenvalue weighted by atomic mass is 35.5. The standard InChI is InChI=1S/C17H14ClFN2O2S2/c1-10-8-16(11(2)7-13(10)18)25(22,23)21-15-9-12(3-4-14(15)19)17-20-5-6-24-17/h3-9,21H,1-2H3. The molecular weight excluding hydrogens is 383 g/mol. The molecule has 0 aliphatic heterocycles. The molecule has 0 aliphatic carbocycles. The van der Waals surface area contributed by atoms with E-state index in [9.17, 15) is 12.8 Å². The number of anilines is 1. The van der Waals surface area contributed by atoms with Crippen molar-refractivity contribution in [2.45, 2.75) is 18.7 Å². The Morgan fingerprint density at radius 3 is 2.60 bits per heavy atom. The molecule has 4 nitrogen and oxygen atoms in total. The molecule has 25 heavy (non-hydrogen) atoms. The fraction of sp³-hybridized carbons (Fsp3) is 0.118. The van der Waals surface area contributed by atoms with Crippen molar-refractivity contribution >= 4 is 38.6 Å². The van der Waals surface area contributed by atoms with E-state index in [0.717, 1.165) is 0 Å². The number of nitrogens with one attached hydrogen (secondary N) is 1. The number of nitrogens with zero attached hydrogens (tertiary/aromatic N) is 1. The molecule has 130 valence electrons. The number of benzene rings is 2. The fourth-order valence-corrected chi connectivity index (χ4v) is 4.57. The molecule has 0 saturated carbocycles. The summed E-state index contributed by atoms with van der Waals surface area (Å²) in [5.74, 6) is -0.660. The first-order chi connectivity index (χ1) is 11.8. The molecule has 0 saturated heterocycles. The molecule has 0 aliphatic rings. The Balaban J connectivity index is 2.02. The van der Waals surface area contributed by atoms with Gasteiger partial charge in [0.15, 0.2) is 0 Å². The second kappa shape index (κ2) is 6.74. The smallest absolute Gasteiger partial charge is 0.262 e. The minimum absolute atomic E-state index is 0.0634. The van der Waals surface area contributed by atoms with Crippen LogP contribution in [0.5, 0.6) is 0 Å². The first-order valence-corrected chi connectivity index (χ1v) is 10.0. The molecule has 3 aromatic rings. The third-order valence-electron chi connectivity index (χ3n) is 3.64. The van der Waals surface area contributed by atoms with E-state index in [2.05, 4.69) is 9.71 Å². The summed E-state index contributed by atoms with van der Waals surface area (Å²) in [6.45, 7) is 3.35. The van der Waals surface area contributed by atoms with Crippen LogP contribution >= 0.6 is 22.9 Å². The van der Waals surface area contributed by atoms with Crippen LogP contribution in [-0.2, 0) is 10.0 Å². The van der Waals surface area contributed by atoms with Crippen molar-refractivity contribution in [3.8, 4) is 10.6 Å². The number of aryl methyl sites for hydroxylation is 2. The van der Waals surface area contributed by atoms with E-state index < -0.39 is 15.8 Å². The first kappa shape index (κ1) is 17.8. The van der Waals surface area contributed by atoms with Gasteiger partial charge in [0.1, 0.15) is 10.8 Å². The maximum atomic E-state index is 14.1. The average molecular weight is 397 g/mol. The second-order valence-electron chi connectivity index (χ2n) is 5.50. The van der Waals surface area contributed by atoms with Gasteiger partial charge in [-0.2, -0.15) is 0 Å². The zero-order valence-corrected chi connectivity index (χ0v) is 15.8. The quantitative estimate of drug-likeness (QED) is 0.673. The Morgan fingerprint density at radius 1 is 1.16 bits per heavy atom. The molecule has 1 heterocycles. The van der Waals surface area contributed by atoms with E-state index in [0.29, 0.717) is 26.7 Å². The number of hydrogen-bond acceptors (Lipinski definition) is 4. The van der Waals surface area contributed by atoms with Crippen molar-refractivity contribution in [2.24, 2.45) is 0 Å². The van der Waals surface area contributed by atoms with Crippen molar-refractivity contribution in [3.05, 3.63) is 63.9 Å². The molecule has 0 amide bonds. The van der Waals surface area contributed by atoms with Crippen molar-refractivity contribution in [3.63, 3.8) is 0 Å². The minimum Gasteiger partial charge on any atom is -0.277 e. The van der Waals surface area contributed by atoms with Crippen LogP contribution in [0.3, 0.4) is 0 Å². The highest BCUT2D eigenvalue weighted by Gasteiger charge is 2.20. The van der Waals surface area contributed by atoms with Gasteiger partial charge in [0, 0.05) is 22.2 Å². The van der Waals surface area contributed by atoms with Crippen LogP contribution in [0, 0.1) is 19.7 Å². The molecule has 8 heteroatoms. The molecule has 0 unspecified atom stereocenters. The largest absolute Gasteiger partial charge is 0.277 e. The van der Waals surface area contributed by atoms with E-state index in [4.69, 9.17) is 11.6 Å². The molecule has 0 radical (unpaired) electrons. The Hall–Kier alpha value is -1.96. The van der Waals surface area contributed by atoms with Crippen molar-refractivity contribution < 1.29 is 12.8 Å². The molecule has 0 atom stereocenters. The van der Waals surface area contributed by atoms with Crippen LogP contribution in [0.15, 0.2) is 46.8 Å². The summed E-state index contributed by atoms with van der Waals surface area (Å²) < 4.78 is 41.9. The van der Waals surface area contributed by atoms with Gasteiger partial charge in [-0.25, -0.2) is 17.8 Å². The number of thiazole rings is 1. The number of sulfonamides is 1. The van der Waals surface area contributed by atoms with Gasteiger partial charge in [0.25, 0.3) is 10.0 Å². The SMILES string of the molecule is Cc1cc(S(=O)(=O)Nc2cc(-c3nccs3)ccc2F)c(C)cc1Cl. The molecule has 1 N–H and O–H groups in total. The van der Waals surface area contributed by atoms with E-state index in [-0.39, 0.29) is 10.6 Å². The zero-order chi connectivity index (χ0) is 18.2. The van der Waals surface area contributed by atoms with E-state index >= 15 is 0 Å². The van der Waals surface area contributed by atoms with Gasteiger partial charge in [0.05, 0.1) is 10.6 Å². The molecular formula is C17H14ClFN2O2S2. The Kier molecular flexibility index (Phi) is 4.81. The number of aromatic nitrogens is 1. The normalized spacial score (nSPS) is 11.5. The van der Waals surface area contributed by atoms with E-state index in [1.165, 1.54) is 29.5 Å². The van der Waals surface area contributed by atoms with Crippen LogP contribution in [0.25, 0.3) is 10.6 Å². The zero-order valence-electron chi connectivity index (χ0n) is 13.4. The van der Waals surface area contributed by atoms with Gasteiger partial charge in [-0.05, 0) is 55.3 Å². The first-order valence-electron chi connectivity index (χ1n) is 7.27. The predicted octanol–water partition coefficient (Wildman–Crippen LogP) is 5.02. The lowest BCUT2D eigenvalue weighted by Crippen LogP contribution is -2.15. The summed E-state index contributed by atoms with van der Waals surface area (Å²) in [6, 6.07) is 7.26. The highest BCUT2D eigenvalue weighted by molar-refractivity contribution is 7.92. The van der Waals surface area contributed by atoms with Crippen LogP contribution in [-0.4, -0.2) is 13.4 Å². The lowest BCUT2D eigenvalue weighted by molar-refractivity contribution is 0.598. The van der Waals surface area contributed by atoms with Crippen LogP contribution in [0.4, 0.5) is 10.1 Å². The third kappa shape index (κ3) is 3.68. The molecule has 0 bridgehead atoms. The number of hydrogen-bond donors (Lipinski definition) is 1. The minimum atomic E-state index is -3.96. The van der Waals surface area contributed by atoms with Gasteiger partial charge < -0.3 is 0 Å². The fourth-order valence-electron chi connectivity index (χ4n) is 2.35. The molecule has 0 spiro atoms. The van der Waals surface area contributed by atoms with Crippen molar-refractivity contribution in [1.29, 1.82) is 0 Å². The highest BCUT2D eigenvalue weighted by Crippen LogP contribution is 2.29. The Bertz CT molecular complexity index is 1040. The molecule has 3 rings (SSSR count). The lowest BCUT2D eigenvalue weighted by atomic mass is 10.2. The van der Waals surface area contributed by atoms with Gasteiger partial charge in [-0.1, -0.05) is 11.6 Å². The summed E-state index contributed by atoms with van der Waals surface area (Å²) >= 11 is 7.40. The Labute approximate surface area is 154 Å². The monoisotopic (exact) mass is 396 g/mol. The Morgan fingerprint density at radius 2 is 1.92 bits per heavy atom.